The van der Waals surface area contributed by atoms with Gasteiger partial charge in [0.05, 0.1) is 10.5 Å². The van der Waals surface area contributed by atoms with Gasteiger partial charge in [0.2, 0.25) is 10.0 Å². The topological polar surface area (TPSA) is 131 Å². The summed E-state index contributed by atoms with van der Waals surface area (Å²) in [5.74, 6) is -1.69. The summed E-state index contributed by atoms with van der Waals surface area (Å²) in [7, 11) is -3.82. The summed E-state index contributed by atoms with van der Waals surface area (Å²) >= 11 is 0. The second kappa shape index (κ2) is 8.96. The minimum atomic E-state index is -3.82. The van der Waals surface area contributed by atoms with Crippen LogP contribution in [0.5, 0.6) is 0 Å². The van der Waals surface area contributed by atoms with Crippen molar-refractivity contribution in [2.45, 2.75) is 51.1 Å². The molecule has 9 nitrogen and oxygen atoms in total. The zero-order chi connectivity index (χ0) is 20.8. The molecule has 150 valence electrons. The largest absolute Gasteiger partial charge is 0.452 e. The van der Waals surface area contributed by atoms with E-state index in [2.05, 4.69) is 10.0 Å². The van der Waals surface area contributed by atoms with Crippen LogP contribution in [0.25, 0.3) is 0 Å². The third-order valence-corrected chi connectivity index (χ3v) is 4.58. The van der Waals surface area contributed by atoms with Crippen LogP contribution in [0.1, 0.15) is 45.0 Å². The van der Waals surface area contributed by atoms with Crippen LogP contribution >= 0.6 is 0 Å². The molecule has 1 rings (SSSR count). The number of sulfonamides is 1. The fourth-order valence-corrected chi connectivity index (χ4v) is 3.39. The lowest BCUT2D eigenvalue weighted by Crippen LogP contribution is -2.44. The molecule has 0 heterocycles. The van der Waals surface area contributed by atoms with Crippen LogP contribution < -0.4 is 15.4 Å². The van der Waals surface area contributed by atoms with Crippen molar-refractivity contribution >= 4 is 27.9 Å². The number of carbonyl (C=O) groups excluding carboxylic acids is 3. The average Bonchev–Trinajstić information content (AvgIpc) is 2.49. The van der Waals surface area contributed by atoms with E-state index in [1.54, 1.807) is 34.6 Å². The molecule has 1 aromatic carbocycles. The quantitative estimate of drug-likeness (QED) is 0.615. The monoisotopic (exact) mass is 399 g/mol. The van der Waals surface area contributed by atoms with Gasteiger partial charge in [0, 0.05) is 11.6 Å². The van der Waals surface area contributed by atoms with Crippen LogP contribution in [-0.4, -0.2) is 44.5 Å². The molecule has 0 atom stereocenters. The molecular weight excluding hydrogens is 374 g/mol. The van der Waals surface area contributed by atoms with Crippen LogP contribution in [0.2, 0.25) is 0 Å². The van der Waals surface area contributed by atoms with Gasteiger partial charge in [0.1, 0.15) is 0 Å². The first kappa shape index (κ1) is 22.6. The highest BCUT2D eigenvalue weighted by Crippen LogP contribution is 2.15. The van der Waals surface area contributed by atoms with E-state index in [4.69, 9.17) is 4.74 Å². The minimum absolute atomic E-state index is 0.0359. The molecule has 0 saturated heterocycles. The summed E-state index contributed by atoms with van der Waals surface area (Å²) in [4.78, 5) is 34.9. The molecule has 0 saturated carbocycles. The van der Waals surface area contributed by atoms with Crippen molar-refractivity contribution in [3.05, 3.63) is 29.8 Å². The molecule has 1 aromatic rings. The van der Waals surface area contributed by atoms with Crippen LogP contribution in [0.4, 0.5) is 4.79 Å². The molecule has 0 radical (unpaired) electrons. The van der Waals surface area contributed by atoms with Gasteiger partial charge in [0.25, 0.3) is 5.91 Å². The van der Waals surface area contributed by atoms with E-state index in [0.29, 0.717) is 0 Å². The second-order valence-electron chi connectivity index (χ2n) is 7.14. The zero-order valence-corrected chi connectivity index (χ0v) is 16.8. The molecule has 10 heteroatoms. The Kier molecular flexibility index (Phi) is 7.49. The molecule has 0 fully saturated rings. The Balaban J connectivity index is 2.74. The Morgan fingerprint density at radius 1 is 1.15 bits per heavy atom. The van der Waals surface area contributed by atoms with Gasteiger partial charge in [-0.15, -0.1) is 0 Å². The lowest BCUT2D eigenvalue weighted by atomic mass is 10.1. The van der Waals surface area contributed by atoms with Gasteiger partial charge in [-0.25, -0.2) is 22.7 Å². The Bertz CT molecular complexity index is 812. The van der Waals surface area contributed by atoms with E-state index in [1.807, 2.05) is 5.32 Å². The molecule has 27 heavy (non-hydrogen) atoms. The van der Waals surface area contributed by atoms with Crippen molar-refractivity contribution in [3.8, 4) is 0 Å². The summed E-state index contributed by atoms with van der Waals surface area (Å²) in [6.07, 6.45) is 0. The molecule has 0 aliphatic carbocycles. The van der Waals surface area contributed by atoms with Crippen LogP contribution in [0.15, 0.2) is 29.2 Å². The zero-order valence-electron chi connectivity index (χ0n) is 16.0. The predicted molar refractivity (Wildman–Crippen MR) is 98.6 cm³/mol. The van der Waals surface area contributed by atoms with E-state index in [1.165, 1.54) is 18.2 Å². The smallest absolute Gasteiger partial charge is 0.338 e. The van der Waals surface area contributed by atoms with Gasteiger partial charge < -0.3 is 10.1 Å². The summed E-state index contributed by atoms with van der Waals surface area (Å²) in [6.45, 7) is 7.84. The number of rotatable bonds is 6. The number of nitrogens with one attached hydrogen (secondary N) is 3. The number of urea groups is 1. The van der Waals surface area contributed by atoms with E-state index in [9.17, 15) is 22.8 Å². The molecule has 0 unspecified atom stereocenters. The molecular formula is C17H25N3O6S. The van der Waals surface area contributed by atoms with Crippen LogP contribution in [0.3, 0.4) is 0 Å². The minimum Gasteiger partial charge on any atom is -0.452 e. The highest BCUT2D eigenvalue weighted by molar-refractivity contribution is 7.89. The molecule has 3 N–H and O–H groups in total. The maximum Gasteiger partial charge on any atom is 0.338 e. The number of hydrogen-bond donors (Lipinski definition) is 3. The number of imide groups is 1. The number of esters is 1. The number of carbonyl (C=O) groups is 3. The lowest BCUT2D eigenvalue weighted by Gasteiger charge is -2.20. The second-order valence-corrected chi connectivity index (χ2v) is 8.82. The highest BCUT2D eigenvalue weighted by atomic mass is 32.2. The number of hydrogen-bond acceptors (Lipinski definition) is 6. The first-order chi connectivity index (χ1) is 12.3. The van der Waals surface area contributed by atoms with Gasteiger partial charge >= 0.3 is 12.0 Å². The number of benzene rings is 1. The molecule has 0 aliphatic rings. The van der Waals surface area contributed by atoms with Gasteiger partial charge in [-0.05, 0) is 52.8 Å². The standard InChI is InChI=1S/C17H25N3O6S/c1-11(2)18-16(23)19-14(21)10-26-15(22)12-7-6-8-13(9-12)27(24,25)20-17(3,4)5/h6-9,11,20H,10H2,1-5H3,(H2,18,19,21,23). The Morgan fingerprint density at radius 2 is 1.78 bits per heavy atom. The summed E-state index contributed by atoms with van der Waals surface area (Å²) in [6, 6.07) is 4.39. The van der Waals surface area contributed by atoms with Crippen molar-refractivity contribution < 1.29 is 27.5 Å². The van der Waals surface area contributed by atoms with Gasteiger partial charge in [0.15, 0.2) is 6.61 Å². The number of ether oxygens (including phenoxy) is 1. The first-order valence-corrected chi connectivity index (χ1v) is 9.70. The van der Waals surface area contributed by atoms with E-state index in [0.717, 1.165) is 6.07 Å². The van der Waals surface area contributed by atoms with Crippen molar-refractivity contribution in [1.29, 1.82) is 0 Å². The van der Waals surface area contributed by atoms with Crippen LogP contribution in [-0.2, 0) is 19.6 Å². The fraction of sp³-hybridized carbons (Fsp3) is 0.471. The highest BCUT2D eigenvalue weighted by Gasteiger charge is 2.23. The molecule has 0 aromatic heterocycles. The first-order valence-electron chi connectivity index (χ1n) is 8.22. The van der Waals surface area contributed by atoms with Gasteiger partial charge in [-0.1, -0.05) is 6.07 Å². The van der Waals surface area contributed by atoms with E-state index in [-0.39, 0.29) is 16.5 Å². The van der Waals surface area contributed by atoms with Gasteiger partial charge in [-0.2, -0.15) is 0 Å². The fourth-order valence-electron chi connectivity index (χ4n) is 1.93. The van der Waals surface area contributed by atoms with Crippen molar-refractivity contribution in [3.63, 3.8) is 0 Å². The summed E-state index contributed by atoms with van der Waals surface area (Å²) in [5, 5.41) is 4.46. The molecule has 0 aliphatic heterocycles. The summed E-state index contributed by atoms with van der Waals surface area (Å²) < 4.78 is 31.9. The maximum atomic E-state index is 12.3. The molecule has 0 bridgehead atoms. The predicted octanol–water partition coefficient (Wildman–Crippen LogP) is 1.15. The van der Waals surface area contributed by atoms with Crippen LogP contribution in [0, 0.1) is 0 Å². The molecule has 0 spiro atoms. The molecule has 3 amide bonds. The average molecular weight is 399 g/mol. The lowest BCUT2D eigenvalue weighted by molar-refractivity contribution is -0.123. The van der Waals surface area contributed by atoms with E-state index < -0.39 is 40.1 Å². The summed E-state index contributed by atoms with van der Waals surface area (Å²) in [5.41, 5.74) is -0.726. The SMILES string of the molecule is CC(C)NC(=O)NC(=O)COC(=O)c1cccc(S(=O)(=O)NC(C)(C)C)c1. The maximum absolute atomic E-state index is 12.3. The normalized spacial score (nSPS) is 11.8. The van der Waals surface area contributed by atoms with Gasteiger partial charge in [-0.3, -0.25) is 10.1 Å². The van der Waals surface area contributed by atoms with Crippen molar-refractivity contribution in [2.24, 2.45) is 0 Å². The Labute approximate surface area is 158 Å². The third-order valence-electron chi connectivity index (χ3n) is 2.83. The van der Waals surface area contributed by atoms with Crippen molar-refractivity contribution in [2.75, 3.05) is 6.61 Å². The van der Waals surface area contributed by atoms with E-state index >= 15 is 0 Å². The number of amides is 3. The Hall–Kier alpha value is -2.46. The Morgan fingerprint density at radius 3 is 2.33 bits per heavy atom. The third kappa shape index (κ3) is 8.18. The van der Waals surface area contributed by atoms with Crippen molar-refractivity contribution in [1.82, 2.24) is 15.4 Å².